The molecule has 6 nitrogen and oxygen atoms in total. The van der Waals surface area contributed by atoms with Crippen LogP contribution in [-0.2, 0) is 9.53 Å². The number of amides is 1. The summed E-state index contributed by atoms with van der Waals surface area (Å²) in [5.74, 6) is 0.831. The Labute approximate surface area is 122 Å². The molecule has 0 N–H and O–H groups in total. The largest absolute Gasteiger partial charge is 0.381 e. The number of carbonyl (C=O) groups is 1. The van der Waals surface area contributed by atoms with Crippen molar-refractivity contribution in [2.24, 2.45) is 0 Å². The van der Waals surface area contributed by atoms with Crippen molar-refractivity contribution in [3.63, 3.8) is 0 Å². The molecule has 3 heterocycles. The first-order valence-electron chi connectivity index (χ1n) is 6.80. The van der Waals surface area contributed by atoms with E-state index in [0.29, 0.717) is 19.0 Å². The van der Waals surface area contributed by atoms with Crippen LogP contribution < -0.4 is 9.80 Å². The number of anilines is 2. The second-order valence-corrected chi connectivity index (χ2v) is 5.43. The molecule has 20 heavy (non-hydrogen) atoms. The highest BCUT2D eigenvalue weighted by Crippen LogP contribution is 2.33. The highest BCUT2D eigenvalue weighted by atomic mass is 35.5. The molecule has 2 aliphatic rings. The number of halogens is 1. The van der Waals surface area contributed by atoms with E-state index in [9.17, 15) is 4.79 Å². The van der Waals surface area contributed by atoms with Crippen LogP contribution in [0.4, 0.5) is 11.5 Å². The normalized spacial score (nSPS) is 20.8. The molecule has 1 amide bonds. The highest BCUT2D eigenvalue weighted by molar-refractivity contribution is 6.28. The van der Waals surface area contributed by atoms with Crippen molar-refractivity contribution in [3.05, 3.63) is 11.5 Å². The molecule has 1 aromatic rings. The summed E-state index contributed by atoms with van der Waals surface area (Å²) in [6.07, 6.45) is 3.99. The fourth-order valence-corrected chi connectivity index (χ4v) is 2.90. The van der Waals surface area contributed by atoms with E-state index < -0.39 is 0 Å². The monoisotopic (exact) mass is 296 g/mol. The molecule has 3 rings (SSSR count). The van der Waals surface area contributed by atoms with E-state index in [1.807, 2.05) is 0 Å². The number of carbonyl (C=O) groups excluding carboxylic acids is 1. The van der Waals surface area contributed by atoms with Gasteiger partial charge in [-0.1, -0.05) is 0 Å². The van der Waals surface area contributed by atoms with Gasteiger partial charge >= 0.3 is 0 Å². The summed E-state index contributed by atoms with van der Waals surface area (Å²) in [7, 11) is 1.76. The number of ether oxygens (including phenoxy) is 1. The number of fused-ring (bicyclic) bond motifs is 1. The fourth-order valence-electron chi connectivity index (χ4n) is 2.77. The van der Waals surface area contributed by atoms with Gasteiger partial charge < -0.3 is 14.5 Å². The first-order chi connectivity index (χ1) is 9.66. The molecule has 1 fully saturated rings. The summed E-state index contributed by atoms with van der Waals surface area (Å²) in [4.78, 5) is 24.2. The molecule has 0 radical (unpaired) electrons. The lowest BCUT2D eigenvalue weighted by Crippen LogP contribution is -2.40. The minimum Gasteiger partial charge on any atom is -0.381 e. The summed E-state index contributed by atoms with van der Waals surface area (Å²) in [6, 6.07) is 0.341. The Balaban J connectivity index is 2.00. The second-order valence-electron chi connectivity index (χ2n) is 5.09. The minimum absolute atomic E-state index is 0.0757. The van der Waals surface area contributed by atoms with E-state index in [-0.39, 0.29) is 11.2 Å². The number of aromatic nitrogens is 2. The molecular formula is C13H17ClN4O2. The zero-order valence-corrected chi connectivity index (χ0v) is 12.1. The van der Waals surface area contributed by atoms with Crippen molar-refractivity contribution < 1.29 is 9.53 Å². The van der Waals surface area contributed by atoms with Crippen molar-refractivity contribution in [1.82, 2.24) is 9.97 Å². The van der Waals surface area contributed by atoms with E-state index >= 15 is 0 Å². The first-order valence-corrected chi connectivity index (χ1v) is 7.18. The van der Waals surface area contributed by atoms with E-state index in [0.717, 1.165) is 37.6 Å². The number of hydrogen-bond donors (Lipinski definition) is 0. The van der Waals surface area contributed by atoms with Crippen molar-refractivity contribution in [2.75, 3.05) is 36.6 Å². The van der Waals surface area contributed by atoms with Gasteiger partial charge in [-0.25, -0.2) is 4.98 Å². The van der Waals surface area contributed by atoms with Gasteiger partial charge in [0.1, 0.15) is 5.69 Å². The molecule has 0 bridgehead atoms. The predicted octanol–water partition coefficient (Wildman–Crippen LogP) is 1.48. The molecule has 1 aromatic heterocycles. The van der Waals surface area contributed by atoms with Gasteiger partial charge in [0.15, 0.2) is 5.82 Å². The van der Waals surface area contributed by atoms with Crippen LogP contribution in [0.5, 0.6) is 0 Å². The molecule has 0 atom stereocenters. The predicted molar refractivity (Wildman–Crippen MR) is 76.3 cm³/mol. The van der Waals surface area contributed by atoms with Gasteiger partial charge in [-0.3, -0.25) is 4.79 Å². The van der Waals surface area contributed by atoms with Gasteiger partial charge in [0.25, 0.3) is 0 Å². The lowest BCUT2D eigenvalue weighted by Gasteiger charge is -2.34. The van der Waals surface area contributed by atoms with E-state index in [1.54, 1.807) is 18.1 Å². The molecule has 2 aliphatic heterocycles. The summed E-state index contributed by atoms with van der Waals surface area (Å²) in [6.45, 7) is 2.16. The van der Waals surface area contributed by atoms with Crippen LogP contribution in [0, 0.1) is 0 Å². The number of rotatable bonds is 1. The van der Waals surface area contributed by atoms with Gasteiger partial charge in [0.05, 0.1) is 6.20 Å². The third-order valence-corrected chi connectivity index (χ3v) is 4.11. The Kier molecular flexibility index (Phi) is 3.76. The van der Waals surface area contributed by atoms with Gasteiger partial charge in [-0.2, -0.15) is 4.98 Å². The standard InChI is InChI=1S/C13H17ClN4O2/c1-17-10-8-15-13(14)16-12(10)18(5-2-11(17)19)9-3-6-20-7-4-9/h8-9H,2-7H2,1H3. The Morgan fingerprint density at radius 3 is 2.90 bits per heavy atom. The molecule has 0 aliphatic carbocycles. The van der Waals surface area contributed by atoms with Gasteiger partial charge in [-0.05, 0) is 24.4 Å². The van der Waals surface area contributed by atoms with Crippen LogP contribution in [0.1, 0.15) is 19.3 Å². The summed E-state index contributed by atoms with van der Waals surface area (Å²) in [5, 5.41) is 0.212. The van der Waals surface area contributed by atoms with Gasteiger partial charge in [-0.15, -0.1) is 0 Å². The maximum atomic E-state index is 12.1. The lowest BCUT2D eigenvalue weighted by atomic mass is 10.1. The third-order valence-electron chi connectivity index (χ3n) is 3.93. The van der Waals surface area contributed by atoms with Crippen molar-refractivity contribution >= 4 is 29.0 Å². The summed E-state index contributed by atoms with van der Waals surface area (Å²) >= 11 is 5.94. The van der Waals surface area contributed by atoms with Crippen LogP contribution in [0.2, 0.25) is 5.28 Å². The zero-order valence-electron chi connectivity index (χ0n) is 11.4. The average molecular weight is 297 g/mol. The van der Waals surface area contributed by atoms with E-state index in [4.69, 9.17) is 16.3 Å². The van der Waals surface area contributed by atoms with E-state index in [1.165, 1.54) is 0 Å². The highest BCUT2D eigenvalue weighted by Gasteiger charge is 2.30. The number of hydrogen-bond acceptors (Lipinski definition) is 5. The SMILES string of the molecule is CN1C(=O)CCN(C2CCOCC2)c2nc(Cl)ncc21. The Morgan fingerprint density at radius 1 is 1.40 bits per heavy atom. The second kappa shape index (κ2) is 5.54. The van der Waals surface area contributed by atoms with Gasteiger partial charge in [0, 0.05) is 39.3 Å². The summed E-state index contributed by atoms with van der Waals surface area (Å²) < 4.78 is 5.41. The molecule has 0 aromatic carbocycles. The van der Waals surface area contributed by atoms with Crippen molar-refractivity contribution in [3.8, 4) is 0 Å². The number of nitrogens with zero attached hydrogens (tertiary/aromatic N) is 4. The Bertz CT molecular complexity index is 519. The Morgan fingerprint density at radius 2 is 2.15 bits per heavy atom. The Hall–Kier alpha value is -1.40. The van der Waals surface area contributed by atoms with Crippen LogP contribution in [0.3, 0.4) is 0 Å². The fraction of sp³-hybridized carbons (Fsp3) is 0.615. The zero-order chi connectivity index (χ0) is 14.1. The molecule has 1 saturated heterocycles. The summed E-state index contributed by atoms with van der Waals surface area (Å²) in [5.41, 5.74) is 0.725. The molecule has 7 heteroatoms. The third kappa shape index (κ3) is 2.45. The minimum atomic E-state index is 0.0757. The molecule has 0 unspecified atom stereocenters. The van der Waals surface area contributed by atoms with Crippen LogP contribution in [0.25, 0.3) is 0 Å². The van der Waals surface area contributed by atoms with Crippen LogP contribution in [-0.4, -0.2) is 48.7 Å². The maximum Gasteiger partial charge on any atom is 0.228 e. The molecule has 0 spiro atoms. The molecule has 108 valence electrons. The van der Waals surface area contributed by atoms with Crippen molar-refractivity contribution in [2.45, 2.75) is 25.3 Å². The average Bonchev–Trinajstić information content (AvgIpc) is 2.58. The van der Waals surface area contributed by atoms with E-state index in [2.05, 4.69) is 14.9 Å². The molecular weight excluding hydrogens is 280 g/mol. The smallest absolute Gasteiger partial charge is 0.228 e. The maximum absolute atomic E-state index is 12.1. The van der Waals surface area contributed by atoms with Crippen molar-refractivity contribution in [1.29, 1.82) is 0 Å². The lowest BCUT2D eigenvalue weighted by molar-refractivity contribution is -0.118. The topological polar surface area (TPSA) is 58.6 Å². The first kappa shape index (κ1) is 13.6. The molecule has 0 saturated carbocycles. The van der Waals surface area contributed by atoms with Crippen LogP contribution in [0.15, 0.2) is 6.20 Å². The van der Waals surface area contributed by atoms with Crippen LogP contribution >= 0.6 is 11.6 Å². The van der Waals surface area contributed by atoms with Gasteiger partial charge in [0.2, 0.25) is 11.2 Å². The quantitative estimate of drug-likeness (QED) is 0.735.